The fraction of sp³-hybridized carbons (Fsp3) is 0.889. The largest absolute Gasteiger partial charge is 0.367 e. The van der Waals surface area contributed by atoms with Gasteiger partial charge in [-0.2, -0.15) is 0 Å². The first-order valence-electron chi connectivity index (χ1n) is 4.82. The molecule has 1 amide bonds. The van der Waals surface area contributed by atoms with E-state index in [-0.39, 0.29) is 5.91 Å². The number of ether oxygens (including phenoxy) is 1. The molecule has 0 aromatic heterocycles. The molecule has 4 nitrogen and oxygen atoms in total. The first-order valence-corrected chi connectivity index (χ1v) is 4.82. The van der Waals surface area contributed by atoms with Crippen LogP contribution in [0.3, 0.4) is 0 Å². The quantitative estimate of drug-likeness (QED) is 0.474. The van der Waals surface area contributed by atoms with E-state index >= 15 is 0 Å². The summed E-state index contributed by atoms with van der Waals surface area (Å²) in [7, 11) is 0. The van der Waals surface area contributed by atoms with Crippen molar-refractivity contribution in [1.82, 2.24) is 10.2 Å². The number of carbonyl (C=O) groups is 1. The highest BCUT2D eigenvalue weighted by Crippen LogP contribution is 1.90. The van der Waals surface area contributed by atoms with E-state index in [0.29, 0.717) is 26.4 Å². The van der Waals surface area contributed by atoms with Crippen LogP contribution in [0.15, 0.2) is 0 Å². The van der Waals surface area contributed by atoms with E-state index in [1.165, 1.54) is 0 Å². The minimum atomic E-state index is 0.173. The van der Waals surface area contributed by atoms with Crippen molar-refractivity contribution >= 4 is 5.91 Å². The highest BCUT2D eigenvalue weighted by atomic mass is 16.5. The Morgan fingerprint density at radius 2 is 2.08 bits per heavy atom. The van der Waals surface area contributed by atoms with E-state index in [0.717, 1.165) is 6.54 Å². The molecule has 0 bridgehead atoms. The van der Waals surface area contributed by atoms with Gasteiger partial charge in [-0.3, -0.25) is 10.1 Å². The number of amides is 1. The molecule has 0 fully saturated rings. The molecule has 0 heterocycles. The van der Waals surface area contributed by atoms with Crippen LogP contribution in [0.5, 0.6) is 0 Å². The smallest absolute Gasteiger partial charge is 0.223 e. The summed E-state index contributed by atoms with van der Waals surface area (Å²) < 4.78 is 5.09. The molecule has 0 unspecified atom stereocenters. The highest BCUT2D eigenvalue weighted by Gasteiger charge is 2.06. The lowest BCUT2D eigenvalue weighted by Crippen LogP contribution is -2.39. The fourth-order valence-electron chi connectivity index (χ4n) is 0.955. The topological polar surface area (TPSA) is 41.6 Å². The maximum atomic E-state index is 11.3. The molecule has 0 saturated heterocycles. The van der Waals surface area contributed by atoms with Gasteiger partial charge < -0.3 is 9.64 Å². The maximum absolute atomic E-state index is 11.3. The predicted molar refractivity (Wildman–Crippen MR) is 52.2 cm³/mol. The van der Waals surface area contributed by atoms with E-state index in [2.05, 4.69) is 5.32 Å². The Morgan fingerprint density at radius 1 is 1.38 bits per heavy atom. The monoisotopic (exact) mass is 188 g/mol. The second kappa shape index (κ2) is 8.01. The Labute approximate surface area is 80.2 Å². The number of hydrogen-bond acceptors (Lipinski definition) is 3. The highest BCUT2D eigenvalue weighted by molar-refractivity contribution is 5.75. The Bertz CT molecular complexity index is 140. The number of nitrogens with one attached hydrogen (secondary N) is 1. The zero-order chi connectivity index (χ0) is 10.1. The summed E-state index contributed by atoms with van der Waals surface area (Å²) in [5.41, 5.74) is 0. The zero-order valence-electron chi connectivity index (χ0n) is 8.80. The van der Waals surface area contributed by atoms with E-state index in [1.54, 1.807) is 4.90 Å². The van der Waals surface area contributed by atoms with Crippen molar-refractivity contribution in [2.24, 2.45) is 0 Å². The Hall–Kier alpha value is -0.610. The van der Waals surface area contributed by atoms with Gasteiger partial charge >= 0.3 is 0 Å². The molecule has 4 heteroatoms. The van der Waals surface area contributed by atoms with Gasteiger partial charge in [-0.05, 0) is 13.8 Å². The van der Waals surface area contributed by atoms with Gasteiger partial charge in [-0.1, -0.05) is 6.92 Å². The summed E-state index contributed by atoms with van der Waals surface area (Å²) in [5.74, 6) is 0.173. The molecule has 0 radical (unpaired) electrons. The molecule has 0 atom stereocenters. The van der Waals surface area contributed by atoms with Crippen molar-refractivity contribution in [2.75, 3.05) is 26.6 Å². The van der Waals surface area contributed by atoms with Gasteiger partial charge in [0, 0.05) is 19.6 Å². The van der Waals surface area contributed by atoms with Gasteiger partial charge in [0.05, 0.1) is 13.4 Å². The van der Waals surface area contributed by atoms with Crippen LogP contribution in [0.2, 0.25) is 0 Å². The molecule has 0 rings (SSSR count). The van der Waals surface area contributed by atoms with Crippen LogP contribution < -0.4 is 5.32 Å². The number of carbonyl (C=O) groups excluding carboxylic acids is 1. The lowest BCUT2D eigenvalue weighted by atomic mass is 10.4. The van der Waals surface area contributed by atoms with Gasteiger partial charge in [-0.15, -0.1) is 0 Å². The van der Waals surface area contributed by atoms with E-state index in [4.69, 9.17) is 4.74 Å². The van der Waals surface area contributed by atoms with Crippen molar-refractivity contribution < 1.29 is 9.53 Å². The summed E-state index contributed by atoms with van der Waals surface area (Å²) in [5, 5.41) is 3.04. The van der Waals surface area contributed by atoms with Gasteiger partial charge in [0.15, 0.2) is 0 Å². The molecule has 0 spiro atoms. The predicted octanol–water partition coefficient (Wildman–Crippen LogP) is 0.786. The van der Waals surface area contributed by atoms with Crippen LogP contribution in [0, 0.1) is 0 Å². The molecule has 78 valence electrons. The van der Waals surface area contributed by atoms with E-state index in [1.807, 2.05) is 20.8 Å². The number of nitrogens with zero attached hydrogens (tertiary/aromatic N) is 1. The minimum absolute atomic E-state index is 0.173. The van der Waals surface area contributed by atoms with Crippen molar-refractivity contribution in [1.29, 1.82) is 0 Å². The second-order valence-electron chi connectivity index (χ2n) is 2.65. The molecule has 0 saturated carbocycles. The summed E-state index contributed by atoms with van der Waals surface area (Å²) in [4.78, 5) is 13.0. The summed E-state index contributed by atoms with van der Waals surface area (Å²) in [6, 6.07) is 0. The number of rotatable bonds is 7. The Kier molecular flexibility index (Phi) is 7.63. The van der Waals surface area contributed by atoms with Crippen LogP contribution in [-0.4, -0.2) is 37.4 Å². The van der Waals surface area contributed by atoms with Crippen LogP contribution in [0.25, 0.3) is 0 Å². The molecule has 0 aliphatic rings. The average molecular weight is 188 g/mol. The van der Waals surface area contributed by atoms with E-state index < -0.39 is 0 Å². The van der Waals surface area contributed by atoms with Crippen LogP contribution >= 0.6 is 0 Å². The Morgan fingerprint density at radius 3 is 2.54 bits per heavy atom. The third-order valence-corrected chi connectivity index (χ3v) is 1.75. The van der Waals surface area contributed by atoms with Gasteiger partial charge in [-0.25, -0.2) is 0 Å². The normalized spacial score (nSPS) is 10.1. The Balaban J connectivity index is 3.53. The van der Waals surface area contributed by atoms with Crippen LogP contribution in [-0.2, 0) is 9.53 Å². The van der Waals surface area contributed by atoms with Crippen molar-refractivity contribution in [3.63, 3.8) is 0 Å². The lowest BCUT2D eigenvalue weighted by Gasteiger charge is -2.20. The molecular formula is C9H20N2O2. The van der Waals surface area contributed by atoms with Crippen molar-refractivity contribution in [3.05, 3.63) is 0 Å². The fourth-order valence-corrected chi connectivity index (χ4v) is 0.955. The first-order chi connectivity index (χ1) is 6.26. The maximum Gasteiger partial charge on any atom is 0.223 e. The summed E-state index contributed by atoms with van der Waals surface area (Å²) >= 11 is 0. The SMILES string of the molecule is CCOCNCN(CC)C(=O)CC. The van der Waals surface area contributed by atoms with Gasteiger partial charge in [0.1, 0.15) is 0 Å². The molecule has 0 aliphatic carbocycles. The van der Waals surface area contributed by atoms with Crippen molar-refractivity contribution in [3.8, 4) is 0 Å². The minimum Gasteiger partial charge on any atom is -0.367 e. The molecule has 13 heavy (non-hydrogen) atoms. The molecule has 0 aromatic carbocycles. The third-order valence-electron chi connectivity index (χ3n) is 1.75. The summed E-state index contributed by atoms with van der Waals surface area (Å²) in [6.45, 7) is 8.29. The van der Waals surface area contributed by atoms with Crippen LogP contribution in [0.1, 0.15) is 27.2 Å². The van der Waals surface area contributed by atoms with Crippen LogP contribution in [0.4, 0.5) is 0 Å². The molecule has 1 N–H and O–H groups in total. The molecule has 0 aliphatic heterocycles. The second-order valence-corrected chi connectivity index (χ2v) is 2.65. The average Bonchev–Trinajstić information content (AvgIpc) is 2.17. The molecular weight excluding hydrogens is 168 g/mol. The number of hydrogen-bond donors (Lipinski definition) is 1. The van der Waals surface area contributed by atoms with Gasteiger partial charge in [0.25, 0.3) is 0 Å². The lowest BCUT2D eigenvalue weighted by molar-refractivity contribution is -0.131. The third kappa shape index (κ3) is 5.60. The standard InChI is InChI=1S/C9H20N2O2/c1-4-9(12)11(5-2)7-10-8-13-6-3/h10H,4-8H2,1-3H3. The zero-order valence-corrected chi connectivity index (χ0v) is 8.80. The van der Waals surface area contributed by atoms with E-state index in [9.17, 15) is 4.79 Å². The molecule has 0 aromatic rings. The van der Waals surface area contributed by atoms with Gasteiger partial charge in [0.2, 0.25) is 5.91 Å². The van der Waals surface area contributed by atoms with Crippen molar-refractivity contribution in [2.45, 2.75) is 27.2 Å². The summed E-state index contributed by atoms with van der Waals surface area (Å²) in [6.07, 6.45) is 0.560. The first kappa shape index (κ1) is 12.4.